The molecule has 2 heterocycles. The van der Waals surface area contributed by atoms with Gasteiger partial charge in [0.15, 0.2) is 0 Å². The number of hydrogen-bond donors (Lipinski definition) is 3. The summed E-state index contributed by atoms with van der Waals surface area (Å²) in [6, 6.07) is 8.65. The second kappa shape index (κ2) is 6.88. The van der Waals surface area contributed by atoms with Crippen LogP contribution in [0.3, 0.4) is 0 Å². The van der Waals surface area contributed by atoms with Gasteiger partial charge in [0.1, 0.15) is 5.82 Å². The van der Waals surface area contributed by atoms with E-state index in [1.165, 1.54) is 18.4 Å². The normalized spacial score (nSPS) is 20.2. The van der Waals surface area contributed by atoms with Crippen molar-refractivity contribution in [1.82, 2.24) is 15.0 Å². The van der Waals surface area contributed by atoms with Gasteiger partial charge in [-0.25, -0.2) is 15.0 Å². The summed E-state index contributed by atoms with van der Waals surface area (Å²) in [4.78, 5) is 13.6. The summed E-state index contributed by atoms with van der Waals surface area (Å²) in [5.74, 6) is 1.04. The highest BCUT2D eigenvalue weighted by Gasteiger charge is 2.22. The van der Waals surface area contributed by atoms with Gasteiger partial charge in [-0.05, 0) is 25.3 Å². The van der Waals surface area contributed by atoms with Crippen LogP contribution >= 0.6 is 0 Å². The molecule has 2 atom stereocenters. The van der Waals surface area contributed by atoms with Gasteiger partial charge >= 0.3 is 0 Å². The lowest BCUT2D eigenvalue weighted by Gasteiger charge is -2.29. The fourth-order valence-electron chi connectivity index (χ4n) is 3.64. The zero-order valence-corrected chi connectivity index (χ0v) is 14.9. The topological polar surface area (TPSA) is 103 Å². The first kappa shape index (κ1) is 16.7. The SMILES string of the molecule is Cc1cccc(-c2cnc(N)c3cnc(N[C@@H]4CCCC[C@@H]4N)nc23)c1. The number of aromatic nitrogens is 3. The van der Waals surface area contributed by atoms with E-state index in [0.29, 0.717) is 11.8 Å². The lowest BCUT2D eigenvalue weighted by molar-refractivity contribution is 0.402. The monoisotopic (exact) mass is 348 g/mol. The molecule has 1 aromatic carbocycles. The van der Waals surface area contributed by atoms with E-state index < -0.39 is 0 Å². The van der Waals surface area contributed by atoms with Crippen LogP contribution in [-0.4, -0.2) is 27.0 Å². The van der Waals surface area contributed by atoms with E-state index in [1.807, 2.05) is 6.07 Å². The van der Waals surface area contributed by atoms with Crippen LogP contribution in [0.1, 0.15) is 31.2 Å². The minimum absolute atomic E-state index is 0.141. The summed E-state index contributed by atoms with van der Waals surface area (Å²) in [6.45, 7) is 2.07. The number of aryl methyl sites for hydroxylation is 1. The minimum Gasteiger partial charge on any atom is -0.383 e. The van der Waals surface area contributed by atoms with Crippen molar-refractivity contribution in [2.45, 2.75) is 44.7 Å². The molecule has 0 unspecified atom stereocenters. The number of nitrogens with zero attached hydrogens (tertiary/aromatic N) is 3. The molecule has 0 aliphatic heterocycles. The largest absolute Gasteiger partial charge is 0.383 e. The van der Waals surface area contributed by atoms with Crippen LogP contribution in [0.25, 0.3) is 22.0 Å². The average Bonchev–Trinajstić information content (AvgIpc) is 2.64. The lowest BCUT2D eigenvalue weighted by atomic mass is 9.91. The van der Waals surface area contributed by atoms with Crippen LogP contribution in [0, 0.1) is 6.92 Å². The van der Waals surface area contributed by atoms with E-state index in [-0.39, 0.29) is 12.1 Å². The number of fused-ring (bicyclic) bond motifs is 1. The predicted molar refractivity (Wildman–Crippen MR) is 106 cm³/mol. The minimum atomic E-state index is 0.141. The molecule has 26 heavy (non-hydrogen) atoms. The van der Waals surface area contributed by atoms with Gasteiger partial charge in [0.2, 0.25) is 5.95 Å². The first-order valence-electron chi connectivity index (χ1n) is 9.12. The van der Waals surface area contributed by atoms with Gasteiger partial charge in [-0.3, -0.25) is 0 Å². The molecule has 0 bridgehead atoms. The Morgan fingerprint density at radius 3 is 2.77 bits per heavy atom. The van der Waals surface area contributed by atoms with Crippen LogP contribution in [-0.2, 0) is 0 Å². The third kappa shape index (κ3) is 3.20. The number of hydrogen-bond acceptors (Lipinski definition) is 6. The Labute approximate surface area is 153 Å². The molecule has 1 saturated carbocycles. The van der Waals surface area contributed by atoms with Crippen LogP contribution in [0.5, 0.6) is 0 Å². The zero-order valence-electron chi connectivity index (χ0n) is 14.9. The number of rotatable bonds is 3. The molecule has 0 spiro atoms. The molecule has 4 rings (SSSR count). The smallest absolute Gasteiger partial charge is 0.223 e. The maximum atomic E-state index is 6.25. The fourth-order valence-corrected chi connectivity index (χ4v) is 3.64. The van der Waals surface area contributed by atoms with Crippen LogP contribution < -0.4 is 16.8 Å². The molecular formula is C20H24N6. The summed E-state index contributed by atoms with van der Waals surface area (Å²) < 4.78 is 0. The Morgan fingerprint density at radius 1 is 1.12 bits per heavy atom. The van der Waals surface area contributed by atoms with Crippen molar-refractivity contribution in [1.29, 1.82) is 0 Å². The lowest BCUT2D eigenvalue weighted by Crippen LogP contribution is -2.42. The Morgan fingerprint density at radius 2 is 1.96 bits per heavy atom. The molecule has 0 amide bonds. The Kier molecular flexibility index (Phi) is 4.42. The summed E-state index contributed by atoms with van der Waals surface area (Å²) in [5.41, 5.74) is 16.3. The number of pyridine rings is 1. The standard InChI is InChI=1S/C20H24N6/c1-12-5-4-6-13(9-12)14-10-23-19(22)15-11-24-20(26-18(14)15)25-17-8-3-2-7-16(17)21/h4-6,9-11,16-17H,2-3,7-8,21H2,1H3,(H2,22,23)(H,24,25,26)/t16-,17+/m0/s1. The molecule has 6 nitrogen and oxygen atoms in total. The van der Waals surface area contributed by atoms with Crippen molar-refractivity contribution in [3.8, 4) is 11.1 Å². The van der Waals surface area contributed by atoms with E-state index in [4.69, 9.17) is 16.5 Å². The molecule has 2 aromatic heterocycles. The molecule has 3 aromatic rings. The second-order valence-electron chi connectivity index (χ2n) is 7.08. The summed E-state index contributed by atoms with van der Waals surface area (Å²) in [5, 5.41) is 4.19. The molecule has 6 heteroatoms. The van der Waals surface area contributed by atoms with E-state index in [1.54, 1.807) is 12.4 Å². The van der Waals surface area contributed by atoms with Crippen LogP contribution in [0.2, 0.25) is 0 Å². The summed E-state index contributed by atoms with van der Waals surface area (Å²) >= 11 is 0. The Balaban J connectivity index is 1.77. The Bertz CT molecular complexity index is 939. The summed E-state index contributed by atoms with van der Waals surface area (Å²) in [6.07, 6.45) is 8.00. The third-order valence-electron chi connectivity index (χ3n) is 5.12. The van der Waals surface area contributed by atoms with Crippen molar-refractivity contribution >= 4 is 22.7 Å². The van der Waals surface area contributed by atoms with Crippen molar-refractivity contribution in [3.63, 3.8) is 0 Å². The number of benzene rings is 1. The highest BCUT2D eigenvalue weighted by atomic mass is 15.1. The molecule has 1 aliphatic rings. The molecule has 0 saturated heterocycles. The molecule has 1 fully saturated rings. The van der Waals surface area contributed by atoms with Crippen molar-refractivity contribution < 1.29 is 0 Å². The number of nitrogen functional groups attached to an aromatic ring is 1. The van der Waals surface area contributed by atoms with Crippen molar-refractivity contribution in [2.24, 2.45) is 5.73 Å². The number of anilines is 2. The van der Waals surface area contributed by atoms with E-state index in [9.17, 15) is 0 Å². The fraction of sp³-hybridized carbons (Fsp3) is 0.350. The van der Waals surface area contributed by atoms with Gasteiger partial charge in [0.25, 0.3) is 0 Å². The first-order valence-corrected chi connectivity index (χ1v) is 9.12. The van der Waals surface area contributed by atoms with Gasteiger partial charge in [0.05, 0.1) is 10.9 Å². The highest BCUT2D eigenvalue weighted by molar-refractivity contribution is 5.98. The van der Waals surface area contributed by atoms with Gasteiger partial charge < -0.3 is 16.8 Å². The number of nitrogens with one attached hydrogen (secondary N) is 1. The van der Waals surface area contributed by atoms with E-state index in [2.05, 4.69) is 40.4 Å². The van der Waals surface area contributed by atoms with Crippen LogP contribution in [0.4, 0.5) is 11.8 Å². The van der Waals surface area contributed by atoms with Gasteiger partial charge in [-0.2, -0.15) is 0 Å². The molecular weight excluding hydrogens is 324 g/mol. The molecule has 5 N–H and O–H groups in total. The first-order chi connectivity index (χ1) is 12.6. The van der Waals surface area contributed by atoms with Gasteiger partial charge in [0, 0.05) is 30.0 Å². The third-order valence-corrected chi connectivity index (χ3v) is 5.12. The highest BCUT2D eigenvalue weighted by Crippen LogP contribution is 2.30. The maximum Gasteiger partial charge on any atom is 0.223 e. The zero-order chi connectivity index (χ0) is 18.1. The molecule has 134 valence electrons. The summed E-state index contributed by atoms with van der Waals surface area (Å²) in [7, 11) is 0. The van der Waals surface area contributed by atoms with Gasteiger partial charge in [-0.15, -0.1) is 0 Å². The Hall–Kier alpha value is -2.73. The molecule has 0 radical (unpaired) electrons. The quantitative estimate of drug-likeness (QED) is 0.671. The second-order valence-corrected chi connectivity index (χ2v) is 7.08. The molecule has 1 aliphatic carbocycles. The number of nitrogens with two attached hydrogens (primary N) is 2. The van der Waals surface area contributed by atoms with Crippen molar-refractivity contribution in [2.75, 3.05) is 11.1 Å². The van der Waals surface area contributed by atoms with Crippen LogP contribution in [0.15, 0.2) is 36.7 Å². The average molecular weight is 348 g/mol. The van der Waals surface area contributed by atoms with E-state index >= 15 is 0 Å². The van der Waals surface area contributed by atoms with Crippen molar-refractivity contribution in [3.05, 3.63) is 42.2 Å². The maximum absolute atomic E-state index is 6.25. The predicted octanol–water partition coefficient (Wildman–Crippen LogP) is 3.26. The van der Waals surface area contributed by atoms with E-state index in [0.717, 1.165) is 34.9 Å². The van der Waals surface area contributed by atoms with Gasteiger partial charge in [-0.1, -0.05) is 42.7 Å².